The minimum absolute atomic E-state index is 0. The molecule has 0 saturated heterocycles. The number of benzene rings is 1. The average molecular weight is 327 g/mol. The van der Waals surface area contributed by atoms with Gasteiger partial charge in [0.2, 0.25) is 0 Å². The first-order valence-electron chi connectivity index (χ1n) is 6.46. The lowest BCUT2D eigenvalue weighted by atomic mass is 9.88. The Morgan fingerprint density at radius 1 is 1.19 bits per heavy atom. The maximum Gasteiger partial charge on any atom is 0.573 e. The molecule has 0 aromatic heterocycles. The first-order chi connectivity index (χ1) is 9.16. The fourth-order valence-electron chi connectivity index (χ4n) is 1.62. The highest BCUT2D eigenvalue weighted by molar-refractivity contribution is 5.85. The van der Waals surface area contributed by atoms with Crippen LogP contribution in [0, 0.1) is 5.92 Å². The second kappa shape index (κ2) is 7.87. The van der Waals surface area contributed by atoms with Crippen molar-refractivity contribution in [2.24, 2.45) is 11.7 Å². The minimum Gasteiger partial charge on any atom is -0.406 e. The van der Waals surface area contributed by atoms with Gasteiger partial charge in [-0.15, -0.1) is 25.6 Å². The maximum atomic E-state index is 12.0. The Kier molecular flexibility index (Phi) is 7.50. The average Bonchev–Trinajstić information content (AvgIpc) is 2.35. The molecule has 3 N–H and O–H groups in total. The molecule has 122 valence electrons. The van der Waals surface area contributed by atoms with Crippen molar-refractivity contribution < 1.29 is 17.9 Å². The number of alkyl halides is 3. The van der Waals surface area contributed by atoms with Gasteiger partial charge in [-0.05, 0) is 30.5 Å². The van der Waals surface area contributed by atoms with Crippen LogP contribution in [0.2, 0.25) is 0 Å². The van der Waals surface area contributed by atoms with Crippen molar-refractivity contribution in [1.82, 2.24) is 5.32 Å². The summed E-state index contributed by atoms with van der Waals surface area (Å²) in [5, 5.41) is 3.34. The predicted octanol–water partition coefficient (Wildman–Crippen LogP) is 3.47. The van der Waals surface area contributed by atoms with Gasteiger partial charge in [-0.1, -0.05) is 26.0 Å². The highest BCUT2D eigenvalue weighted by Crippen LogP contribution is 2.23. The second-order valence-corrected chi connectivity index (χ2v) is 5.32. The zero-order chi connectivity index (χ0) is 15.4. The normalized spacial score (nSPS) is 14.5. The maximum absolute atomic E-state index is 12.0. The van der Waals surface area contributed by atoms with E-state index in [4.69, 9.17) is 5.73 Å². The number of ether oxygens (including phenoxy) is 1. The minimum atomic E-state index is -4.66. The molecule has 1 aromatic carbocycles. The molecule has 0 spiro atoms. The summed E-state index contributed by atoms with van der Waals surface area (Å²) in [4.78, 5) is 0. The monoisotopic (exact) mass is 326 g/mol. The quantitative estimate of drug-likeness (QED) is 0.841. The van der Waals surface area contributed by atoms with Crippen molar-refractivity contribution in [3.05, 3.63) is 29.8 Å². The summed E-state index contributed by atoms with van der Waals surface area (Å²) < 4.78 is 39.9. The molecule has 21 heavy (non-hydrogen) atoms. The van der Waals surface area contributed by atoms with Crippen LogP contribution in [-0.4, -0.2) is 18.4 Å². The number of rotatable bonds is 6. The van der Waals surface area contributed by atoms with Crippen LogP contribution in [0.4, 0.5) is 13.2 Å². The van der Waals surface area contributed by atoms with Crippen LogP contribution in [0.25, 0.3) is 0 Å². The molecular weight excluding hydrogens is 305 g/mol. The summed E-state index contributed by atoms with van der Waals surface area (Å²) in [6.45, 7) is 7.19. The Balaban J connectivity index is 0.00000400. The molecule has 1 atom stereocenters. The molecule has 0 fully saturated rings. The van der Waals surface area contributed by atoms with E-state index in [9.17, 15) is 13.2 Å². The molecule has 0 aliphatic heterocycles. The summed E-state index contributed by atoms with van der Waals surface area (Å²) in [5.41, 5.74) is 6.43. The first kappa shape index (κ1) is 20.0. The van der Waals surface area contributed by atoms with Crippen molar-refractivity contribution in [2.75, 3.05) is 6.54 Å². The lowest BCUT2D eigenvalue weighted by molar-refractivity contribution is -0.274. The van der Waals surface area contributed by atoms with Crippen molar-refractivity contribution >= 4 is 12.4 Å². The summed E-state index contributed by atoms with van der Waals surface area (Å²) in [7, 11) is 0. The van der Waals surface area contributed by atoms with E-state index in [2.05, 4.69) is 23.9 Å². The molecule has 0 amide bonds. The van der Waals surface area contributed by atoms with Crippen LogP contribution in [0.5, 0.6) is 5.75 Å². The summed E-state index contributed by atoms with van der Waals surface area (Å²) in [6, 6.07) is 5.82. The van der Waals surface area contributed by atoms with E-state index in [-0.39, 0.29) is 23.7 Å². The standard InChI is InChI=1S/C14H21F3N2O.ClH/c1-10(2)13(3,9-18)19-8-11-4-6-12(7-5-11)20-14(15,16)17;/h4-7,10,19H,8-9,18H2,1-3H3;1H. The lowest BCUT2D eigenvalue weighted by Gasteiger charge is -2.33. The molecule has 0 aliphatic rings. The van der Waals surface area contributed by atoms with Crippen LogP contribution in [0.15, 0.2) is 24.3 Å². The van der Waals surface area contributed by atoms with Gasteiger partial charge >= 0.3 is 6.36 Å². The molecule has 0 bridgehead atoms. The van der Waals surface area contributed by atoms with Gasteiger partial charge in [-0.25, -0.2) is 0 Å². The van der Waals surface area contributed by atoms with E-state index in [0.717, 1.165) is 5.56 Å². The Morgan fingerprint density at radius 2 is 1.71 bits per heavy atom. The van der Waals surface area contributed by atoms with E-state index in [1.54, 1.807) is 12.1 Å². The third-order valence-corrected chi connectivity index (χ3v) is 3.55. The van der Waals surface area contributed by atoms with E-state index in [1.165, 1.54) is 12.1 Å². The Labute approximate surface area is 129 Å². The molecule has 1 rings (SSSR count). The first-order valence-corrected chi connectivity index (χ1v) is 6.46. The zero-order valence-electron chi connectivity index (χ0n) is 12.3. The van der Waals surface area contributed by atoms with Crippen molar-refractivity contribution in [3.8, 4) is 5.75 Å². The molecule has 0 saturated carbocycles. The molecule has 3 nitrogen and oxygen atoms in total. The molecule has 1 aromatic rings. The van der Waals surface area contributed by atoms with Gasteiger partial charge in [-0.3, -0.25) is 0 Å². The number of halogens is 4. The van der Waals surface area contributed by atoms with Crippen LogP contribution in [0.1, 0.15) is 26.3 Å². The van der Waals surface area contributed by atoms with Gasteiger partial charge in [-0.2, -0.15) is 0 Å². The highest BCUT2D eigenvalue weighted by Gasteiger charge is 2.31. The molecule has 7 heteroatoms. The van der Waals surface area contributed by atoms with E-state index >= 15 is 0 Å². The SMILES string of the molecule is CC(C)C(C)(CN)NCc1ccc(OC(F)(F)F)cc1.Cl. The van der Waals surface area contributed by atoms with E-state index in [1.807, 2.05) is 6.92 Å². The zero-order valence-corrected chi connectivity index (χ0v) is 13.1. The van der Waals surface area contributed by atoms with Gasteiger partial charge in [0.05, 0.1) is 0 Å². The number of nitrogens with one attached hydrogen (secondary N) is 1. The Bertz CT molecular complexity index is 423. The summed E-state index contributed by atoms with van der Waals surface area (Å²) in [5.74, 6) is 0.132. The topological polar surface area (TPSA) is 47.3 Å². The van der Waals surface area contributed by atoms with Crippen LogP contribution in [0.3, 0.4) is 0 Å². The van der Waals surface area contributed by atoms with Crippen molar-refractivity contribution in [1.29, 1.82) is 0 Å². The van der Waals surface area contributed by atoms with E-state index in [0.29, 0.717) is 19.0 Å². The fourth-order valence-corrected chi connectivity index (χ4v) is 1.62. The van der Waals surface area contributed by atoms with Gasteiger partial charge in [0, 0.05) is 18.6 Å². The Morgan fingerprint density at radius 3 is 2.10 bits per heavy atom. The molecular formula is C14H22ClF3N2O. The van der Waals surface area contributed by atoms with Crippen molar-refractivity contribution in [3.63, 3.8) is 0 Å². The Hall–Kier alpha value is -0.980. The number of nitrogens with two attached hydrogens (primary N) is 1. The molecule has 0 aliphatic carbocycles. The predicted molar refractivity (Wildman–Crippen MR) is 79.5 cm³/mol. The smallest absolute Gasteiger partial charge is 0.406 e. The number of hydrogen-bond donors (Lipinski definition) is 2. The number of hydrogen-bond acceptors (Lipinski definition) is 3. The van der Waals surface area contributed by atoms with Gasteiger partial charge in [0.15, 0.2) is 0 Å². The van der Waals surface area contributed by atoms with Crippen LogP contribution < -0.4 is 15.8 Å². The highest BCUT2D eigenvalue weighted by atomic mass is 35.5. The van der Waals surface area contributed by atoms with Crippen LogP contribution in [-0.2, 0) is 6.54 Å². The van der Waals surface area contributed by atoms with Crippen molar-refractivity contribution in [2.45, 2.75) is 39.2 Å². The van der Waals surface area contributed by atoms with Crippen LogP contribution >= 0.6 is 12.4 Å². The summed E-state index contributed by atoms with van der Waals surface area (Å²) >= 11 is 0. The lowest BCUT2D eigenvalue weighted by Crippen LogP contribution is -2.52. The third-order valence-electron chi connectivity index (χ3n) is 3.55. The van der Waals surface area contributed by atoms with Gasteiger partial charge in [0.25, 0.3) is 0 Å². The summed E-state index contributed by atoms with van der Waals surface area (Å²) in [6.07, 6.45) is -4.66. The molecule has 0 radical (unpaired) electrons. The fraction of sp³-hybridized carbons (Fsp3) is 0.571. The second-order valence-electron chi connectivity index (χ2n) is 5.32. The molecule has 0 heterocycles. The van der Waals surface area contributed by atoms with Gasteiger partial charge < -0.3 is 15.8 Å². The largest absolute Gasteiger partial charge is 0.573 e. The van der Waals surface area contributed by atoms with E-state index < -0.39 is 6.36 Å². The molecule has 1 unspecified atom stereocenters. The van der Waals surface area contributed by atoms with Gasteiger partial charge in [0.1, 0.15) is 5.75 Å². The third kappa shape index (κ3) is 6.54.